The normalized spacial score (nSPS) is 20.9. The fourth-order valence-electron chi connectivity index (χ4n) is 6.48. The maximum Gasteiger partial charge on any atom is 0.407 e. The lowest BCUT2D eigenvalue weighted by Gasteiger charge is -2.40. The van der Waals surface area contributed by atoms with Crippen LogP contribution in [0.5, 0.6) is 0 Å². The average molecular weight is 693 g/mol. The van der Waals surface area contributed by atoms with Gasteiger partial charge in [0.25, 0.3) is 5.24 Å². The second-order valence-corrected chi connectivity index (χ2v) is 15.7. The lowest BCUT2D eigenvalue weighted by Crippen LogP contribution is -2.58. The number of benzene rings is 2. The number of ether oxygens (including phenoxy) is 2. The standard InChI is InChI=1S/C33H48N4O8S2/c1-33(2,15-7-8-16-35-31(39)46-3)22-36(47(42,43)25-13-9-12-24(34)19-25)20-29(38)27(18-23-10-5-4-6-11-23)37(32(40)41)28-21-45-30-26(28)14-17-44-30/h4-6,9-13,19,26-30,38H,7-8,14-18,20-22,34H2,1-3H3,(H,35,39)(H,40,41)/t26-,27-,28-,29+,30+/m0/s1. The molecule has 2 aliphatic rings. The summed E-state index contributed by atoms with van der Waals surface area (Å²) in [7, 11) is -4.16. The molecule has 47 heavy (non-hydrogen) atoms. The molecule has 260 valence electrons. The molecule has 2 heterocycles. The summed E-state index contributed by atoms with van der Waals surface area (Å²) in [6, 6.07) is 13.7. The molecule has 0 saturated carbocycles. The fraction of sp³-hybridized carbons (Fsp3) is 0.576. The predicted molar refractivity (Wildman–Crippen MR) is 182 cm³/mol. The predicted octanol–water partition coefficient (Wildman–Crippen LogP) is 4.24. The first kappa shape index (κ1) is 36.9. The van der Waals surface area contributed by atoms with Crippen LogP contribution in [0.2, 0.25) is 0 Å². The Bertz CT molecular complexity index is 1450. The van der Waals surface area contributed by atoms with E-state index < -0.39 is 46.0 Å². The second-order valence-electron chi connectivity index (χ2n) is 13.0. The molecule has 2 aromatic rings. The molecule has 0 aliphatic carbocycles. The molecule has 0 unspecified atom stereocenters. The van der Waals surface area contributed by atoms with Crippen LogP contribution in [-0.4, -0.2) is 103 Å². The number of fused-ring (bicyclic) bond motifs is 1. The first-order valence-electron chi connectivity index (χ1n) is 16.0. The van der Waals surface area contributed by atoms with Gasteiger partial charge in [-0.05, 0) is 61.1 Å². The molecule has 0 radical (unpaired) electrons. The van der Waals surface area contributed by atoms with Crippen LogP contribution in [0.15, 0.2) is 59.5 Å². The summed E-state index contributed by atoms with van der Waals surface area (Å²) in [4.78, 5) is 25.8. The van der Waals surface area contributed by atoms with Gasteiger partial charge in [0, 0.05) is 31.2 Å². The highest BCUT2D eigenvalue weighted by Gasteiger charge is 2.49. The second kappa shape index (κ2) is 16.5. The largest absolute Gasteiger partial charge is 0.465 e. The van der Waals surface area contributed by atoms with E-state index in [1.807, 2.05) is 44.2 Å². The quantitative estimate of drug-likeness (QED) is 0.147. The first-order chi connectivity index (χ1) is 22.3. The minimum absolute atomic E-state index is 0.00915. The lowest BCUT2D eigenvalue weighted by molar-refractivity contribution is -0.0906. The number of nitrogen functional groups attached to an aromatic ring is 1. The van der Waals surface area contributed by atoms with Gasteiger partial charge in [0.15, 0.2) is 6.29 Å². The van der Waals surface area contributed by atoms with Gasteiger partial charge < -0.3 is 30.7 Å². The number of thioether (sulfide) groups is 1. The molecule has 0 spiro atoms. The smallest absolute Gasteiger partial charge is 0.407 e. The van der Waals surface area contributed by atoms with Gasteiger partial charge in [-0.3, -0.25) is 9.69 Å². The number of hydrogen-bond donors (Lipinski definition) is 4. The van der Waals surface area contributed by atoms with E-state index in [1.165, 1.54) is 21.3 Å². The highest BCUT2D eigenvalue weighted by molar-refractivity contribution is 8.12. The molecule has 2 amide bonds. The van der Waals surface area contributed by atoms with Gasteiger partial charge in [-0.15, -0.1) is 0 Å². The molecule has 5 N–H and O–H groups in total. The molecule has 4 rings (SSSR count). The molecule has 2 aliphatic heterocycles. The highest BCUT2D eigenvalue weighted by Crippen LogP contribution is 2.36. The topological polar surface area (TPSA) is 172 Å². The van der Waals surface area contributed by atoms with E-state index in [4.69, 9.17) is 15.2 Å². The van der Waals surface area contributed by atoms with Crippen LogP contribution in [0.4, 0.5) is 15.3 Å². The Kier molecular flexibility index (Phi) is 13.0. The Morgan fingerprint density at radius 2 is 1.87 bits per heavy atom. The Hall–Kier alpha value is -2.88. The van der Waals surface area contributed by atoms with Crippen molar-refractivity contribution in [3.63, 3.8) is 0 Å². The lowest BCUT2D eigenvalue weighted by atomic mass is 9.87. The number of aliphatic hydroxyl groups is 1. The molecule has 12 nitrogen and oxygen atoms in total. The van der Waals surface area contributed by atoms with Crippen LogP contribution >= 0.6 is 11.8 Å². The van der Waals surface area contributed by atoms with Crippen molar-refractivity contribution in [1.82, 2.24) is 14.5 Å². The number of carboxylic acid groups (broad SMARTS) is 1. The maximum absolute atomic E-state index is 14.2. The van der Waals surface area contributed by atoms with Gasteiger partial charge in [0.05, 0.1) is 36.3 Å². The van der Waals surface area contributed by atoms with Gasteiger partial charge in [0.1, 0.15) is 0 Å². The summed E-state index contributed by atoms with van der Waals surface area (Å²) in [5, 5.41) is 25.3. The first-order valence-corrected chi connectivity index (χ1v) is 18.6. The number of nitrogens with zero attached hydrogens (tertiary/aromatic N) is 2. The summed E-state index contributed by atoms with van der Waals surface area (Å²) in [6.45, 7) is 4.74. The van der Waals surface area contributed by atoms with E-state index >= 15 is 0 Å². The number of nitrogens with one attached hydrogen (secondary N) is 1. The van der Waals surface area contributed by atoms with E-state index in [9.17, 15) is 28.2 Å². The molecule has 0 aromatic heterocycles. The molecular formula is C33H48N4O8S2. The molecule has 2 aromatic carbocycles. The Morgan fingerprint density at radius 3 is 2.55 bits per heavy atom. The van der Waals surface area contributed by atoms with E-state index in [-0.39, 0.29) is 47.9 Å². The molecular weight excluding hydrogens is 645 g/mol. The average Bonchev–Trinajstić information content (AvgIpc) is 3.65. The maximum atomic E-state index is 14.2. The molecule has 2 fully saturated rings. The van der Waals surface area contributed by atoms with Gasteiger partial charge in [0.2, 0.25) is 10.0 Å². The summed E-state index contributed by atoms with van der Waals surface area (Å²) in [5.41, 5.74) is 6.54. The highest BCUT2D eigenvalue weighted by atomic mass is 32.2. The number of hydrogen-bond acceptors (Lipinski definition) is 9. The van der Waals surface area contributed by atoms with E-state index in [1.54, 1.807) is 18.4 Å². The van der Waals surface area contributed by atoms with Crippen LogP contribution in [0.25, 0.3) is 0 Å². The van der Waals surface area contributed by atoms with Crippen molar-refractivity contribution in [2.75, 3.05) is 44.8 Å². The number of unbranched alkanes of at least 4 members (excludes halogenated alkanes) is 1. The number of aliphatic hydroxyl groups excluding tert-OH is 1. The third-order valence-electron chi connectivity index (χ3n) is 8.90. The zero-order chi connectivity index (χ0) is 34.2. The van der Waals surface area contributed by atoms with Gasteiger partial charge in [-0.1, -0.05) is 68.4 Å². The Morgan fingerprint density at radius 1 is 1.13 bits per heavy atom. The van der Waals surface area contributed by atoms with Crippen LogP contribution in [0.3, 0.4) is 0 Å². The monoisotopic (exact) mass is 692 g/mol. The Labute approximate surface area is 282 Å². The number of anilines is 1. The van der Waals surface area contributed by atoms with Crippen molar-refractivity contribution >= 4 is 38.8 Å². The Balaban J connectivity index is 1.63. The summed E-state index contributed by atoms with van der Waals surface area (Å²) < 4.78 is 41.1. The van der Waals surface area contributed by atoms with Crippen LogP contribution in [0.1, 0.15) is 45.1 Å². The van der Waals surface area contributed by atoms with E-state index in [0.717, 1.165) is 30.2 Å². The number of rotatable bonds is 16. The van der Waals surface area contributed by atoms with Gasteiger partial charge in [-0.2, -0.15) is 4.31 Å². The van der Waals surface area contributed by atoms with Crippen molar-refractivity contribution in [2.24, 2.45) is 11.3 Å². The number of sulfonamides is 1. The SMILES string of the molecule is CSC(=O)NCCCCC(C)(C)CN(C[C@@H](O)[C@H](Cc1ccccc1)N(C(=O)O)[C@H]1CO[C@H]2OCC[C@H]21)S(=O)(=O)c1cccc(N)c1. The van der Waals surface area contributed by atoms with Crippen LogP contribution in [-0.2, 0) is 25.9 Å². The van der Waals surface area contributed by atoms with Gasteiger partial charge in [-0.25, -0.2) is 13.2 Å². The van der Waals surface area contributed by atoms with Crippen molar-refractivity contribution in [3.05, 3.63) is 60.2 Å². The van der Waals surface area contributed by atoms with Crippen molar-refractivity contribution in [2.45, 2.75) is 75.3 Å². The third-order valence-corrected chi connectivity index (χ3v) is 11.2. The number of amides is 2. The van der Waals surface area contributed by atoms with Crippen molar-refractivity contribution in [3.8, 4) is 0 Å². The molecule has 5 atom stereocenters. The number of carbonyl (C=O) groups excluding carboxylic acids is 1. The summed E-state index contributed by atoms with van der Waals surface area (Å²) >= 11 is 1.11. The summed E-state index contributed by atoms with van der Waals surface area (Å²) in [5.74, 6) is -0.191. The fourth-order valence-corrected chi connectivity index (χ4v) is 8.43. The van der Waals surface area contributed by atoms with E-state index in [2.05, 4.69) is 5.32 Å². The number of nitrogens with two attached hydrogens (primary N) is 1. The van der Waals surface area contributed by atoms with Crippen LogP contribution < -0.4 is 11.1 Å². The zero-order valence-corrected chi connectivity index (χ0v) is 28.9. The van der Waals surface area contributed by atoms with E-state index in [0.29, 0.717) is 26.0 Å². The van der Waals surface area contributed by atoms with Gasteiger partial charge >= 0.3 is 6.09 Å². The van der Waals surface area contributed by atoms with Crippen LogP contribution in [0, 0.1) is 11.3 Å². The minimum atomic E-state index is -4.16. The summed E-state index contributed by atoms with van der Waals surface area (Å²) in [6.07, 6.45) is 1.51. The molecule has 0 bridgehead atoms. The van der Waals surface area contributed by atoms with Crippen molar-refractivity contribution < 1.29 is 37.7 Å². The zero-order valence-electron chi connectivity index (χ0n) is 27.3. The molecule has 2 saturated heterocycles. The molecule has 14 heteroatoms. The third kappa shape index (κ3) is 9.83. The number of carbonyl (C=O) groups is 2. The minimum Gasteiger partial charge on any atom is -0.465 e. The van der Waals surface area contributed by atoms with Crippen molar-refractivity contribution in [1.29, 1.82) is 0 Å².